The number of nitrogens with zero attached hydrogens (tertiary/aromatic N) is 3. The van der Waals surface area contributed by atoms with E-state index in [1.165, 1.54) is 0 Å². The van der Waals surface area contributed by atoms with Gasteiger partial charge >= 0.3 is 5.97 Å². The molecule has 1 N–H and O–H groups in total. The first-order chi connectivity index (χ1) is 6.16. The molecule has 1 aromatic rings. The molecule has 0 bridgehead atoms. The molecule has 0 saturated heterocycles. The summed E-state index contributed by atoms with van der Waals surface area (Å²) in [7, 11) is 0. The summed E-state index contributed by atoms with van der Waals surface area (Å²) >= 11 is 3.14. The Morgan fingerprint density at radius 2 is 2.38 bits per heavy atom. The summed E-state index contributed by atoms with van der Waals surface area (Å²) in [5.41, 5.74) is -0.0314. The number of unbranched alkanes of at least 4 members (excludes halogenated alkanes) is 1. The van der Waals surface area contributed by atoms with Crippen molar-refractivity contribution in [3.05, 3.63) is 10.3 Å². The van der Waals surface area contributed by atoms with E-state index in [1.807, 2.05) is 0 Å². The average molecular weight is 248 g/mol. The lowest BCUT2D eigenvalue weighted by molar-refractivity contribution is 0.0689. The molecular formula is C7H10BrN3O2. The highest BCUT2D eigenvalue weighted by Crippen LogP contribution is 2.14. The predicted molar refractivity (Wildman–Crippen MR) is 49.6 cm³/mol. The largest absolute Gasteiger partial charge is 0.476 e. The Morgan fingerprint density at radius 1 is 1.69 bits per heavy atom. The maximum Gasteiger partial charge on any atom is 0.359 e. The number of aromatic carboxylic acids is 1. The van der Waals surface area contributed by atoms with Gasteiger partial charge in [-0.05, 0) is 22.4 Å². The molecule has 0 aliphatic carbocycles. The van der Waals surface area contributed by atoms with Crippen LogP contribution in [-0.4, -0.2) is 26.1 Å². The van der Waals surface area contributed by atoms with Gasteiger partial charge in [0.2, 0.25) is 5.69 Å². The molecular weight excluding hydrogens is 238 g/mol. The molecule has 1 aromatic heterocycles. The van der Waals surface area contributed by atoms with Gasteiger partial charge in [0.05, 0.1) is 0 Å². The summed E-state index contributed by atoms with van der Waals surface area (Å²) in [4.78, 5) is 10.6. The minimum atomic E-state index is -1.06. The Hall–Kier alpha value is -0.910. The molecule has 0 saturated carbocycles. The van der Waals surface area contributed by atoms with Crippen molar-refractivity contribution in [2.75, 3.05) is 0 Å². The Morgan fingerprint density at radius 3 is 2.85 bits per heavy atom. The first-order valence-electron chi connectivity index (χ1n) is 3.99. The fourth-order valence-electron chi connectivity index (χ4n) is 0.883. The molecule has 1 rings (SSSR count). The van der Waals surface area contributed by atoms with E-state index in [-0.39, 0.29) is 5.69 Å². The van der Waals surface area contributed by atoms with Crippen molar-refractivity contribution in [3.63, 3.8) is 0 Å². The van der Waals surface area contributed by atoms with Gasteiger partial charge in [-0.1, -0.05) is 18.6 Å². The number of carboxylic acids is 1. The van der Waals surface area contributed by atoms with Gasteiger partial charge in [0.1, 0.15) is 4.60 Å². The van der Waals surface area contributed by atoms with E-state index in [2.05, 4.69) is 33.2 Å². The summed E-state index contributed by atoms with van der Waals surface area (Å²) < 4.78 is 1.99. The number of aryl methyl sites for hydroxylation is 1. The average Bonchev–Trinajstić information content (AvgIpc) is 2.43. The molecule has 0 radical (unpaired) electrons. The fourth-order valence-corrected chi connectivity index (χ4v) is 1.38. The first kappa shape index (κ1) is 10.2. The standard InChI is InChI=1S/C7H10BrN3O2/c1-2-3-4-11-6(8)5(7(12)13)9-10-11/h2-4H2,1H3,(H,12,13). The van der Waals surface area contributed by atoms with Crippen LogP contribution in [0.3, 0.4) is 0 Å². The number of rotatable bonds is 4. The molecule has 0 unspecified atom stereocenters. The summed E-state index contributed by atoms with van der Waals surface area (Å²) in [5, 5.41) is 15.9. The molecule has 5 nitrogen and oxygen atoms in total. The third-order valence-electron chi connectivity index (χ3n) is 1.60. The van der Waals surface area contributed by atoms with Crippen LogP contribution in [0.15, 0.2) is 4.60 Å². The van der Waals surface area contributed by atoms with Crippen LogP contribution < -0.4 is 0 Å². The van der Waals surface area contributed by atoms with Gasteiger partial charge in [-0.25, -0.2) is 9.48 Å². The van der Waals surface area contributed by atoms with Crippen LogP contribution in [0.5, 0.6) is 0 Å². The summed E-state index contributed by atoms with van der Waals surface area (Å²) in [6.45, 7) is 2.75. The summed E-state index contributed by atoms with van der Waals surface area (Å²) in [5.74, 6) is -1.06. The Balaban J connectivity index is 2.80. The lowest BCUT2D eigenvalue weighted by atomic mass is 10.3. The number of carbonyl (C=O) groups is 1. The van der Waals surface area contributed by atoms with E-state index in [0.717, 1.165) is 12.8 Å². The highest BCUT2D eigenvalue weighted by atomic mass is 79.9. The van der Waals surface area contributed by atoms with Crippen molar-refractivity contribution in [1.82, 2.24) is 15.0 Å². The van der Waals surface area contributed by atoms with Gasteiger partial charge in [-0.15, -0.1) is 5.10 Å². The zero-order valence-electron chi connectivity index (χ0n) is 7.20. The van der Waals surface area contributed by atoms with Crippen LogP contribution in [0.2, 0.25) is 0 Å². The van der Waals surface area contributed by atoms with Crippen molar-refractivity contribution in [3.8, 4) is 0 Å². The monoisotopic (exact) mass is 247 g/mol. The van der Waals surface area contributed by atoms with Crippen LogP contribution >= 0.6 is 15.9 Å². The summed E-state index contributed by atoms with van der Waals surface area (Å²) in [6, 6.07) is 0. The SMILES string of the molecule is CCCCn1nnc(C(=O)O)c1Br. The second kappa shape index (κ2) is 4.36. The smallest absolute Gasteiger partial charge is 0.359 e. The van der Waals surface area contributed by atoms with Gasteiger partial charge in [0.25, 0.3) is 0 Å². The molecule has 0 aromatic carbocycles. The zero-order valence-corrected chi connectivity index (χ0v) is 8.78. The molecule has 6 heteroatoms. The normalized spacial score (nSPS) is 10.3. The number of halogens is 1. The Labute approximate surface area is 83.9 Å². The van der Waals surface area contributed by atoms with E-state index in [0.29, 0.717) is 11.1 Å². The van der Waals surface area contributed by atoms with E-state index >= 15 is 0 Å². The minimum absolute atomic E-state index is 0.0314. The first-order valence-corrected chi connectivity index (χ1v) is 4.78. The molecule has 0 aliphatic heterocycles. The maximum atomic E-state index is 10.6. The molecule has 0 fully saturated rings. The molecule has 0 atom stereocenters. The van der Waals surface area contributed by atoms with Crippen molar-refractivity contribution >= 4 is 21.9 Å². The lowest BCUT2D eigenvalue weighted by Gasteiger charge is -1.98. The van der Waals surface area contributed by atoms with Crippen molar-refractivity contribution in [1.29, 1.82) is 0 Å². The van der Waals surface area contributed by atoms with E-state index in [1.54, 1.807) is 4.68 Å². The third kappa shape index (κ3) is 2.27. The fraction of sp³-hybridized carbons (Fsp3) is 0.571. The number of aromatic nitrogens is 3. The lowest BCUT2D eigenvalue weighted by Crippen LogP contribution is -2.01. The second-order valence-corrected chi connectivity index (χ2v) is 3.36. The van der Waals surface area contributed by atoms with Gasteiger partial charge in [-0.3, -0.25) is 0 Å². The predicted octanol–water partition coefficient (Wildman–Crippen LogP) is 1.54. The molecule has 72 valence electrons. The van der Waals surface area contributed by atoms with Crippen LogP contribution in [-0.2, 0) is 6.54 Å². The summed E-state index contributed by atoms with van der Waals surface area (Å²) in [6.07, 6.45) is 2.00. The van der Waals surface area contributed by atoms with Crippen molar-refractivity contribution in [2.24, 2.45) is 0 Å². The molecule has 1 heterocycles. The van der Waals surface area contributed by atoms with Crippen LogP contribution in [0.25, 0.3) is 0 Å². The van der Waals surface area contributed by atoms with E-state index < -0.39 is 5.97 Å². The highest BCUT2D eigenvalue weighted by molar-refractivity contribution is 9.10. The van der Waals surface area contributed by atoms with E-state index in [9.17, 15) is 4.79 Å². The van der Waals surface area contributed by atoms with Gasteiger partial charge in [0, 0.05) is 6.54 Å². The van der Waals surface area contributed by atoms with Gasteiger partial charge in [-0.2, -0.15) is 0 Å². The third-order valence-corrected chi connectivity index (χ3v) is 2.39. The quantitative estimate of drug-likeness (QED) is 0.877. The van der Waals surface area contributed by atoms with Gasteiger partial charge < -0.3 is 5.11 Å². The highest BCUT2D eigenvalue weighted by Gasteiger charge is 2.15. The van der Waals surface area contributed by atoms with Crippen molar-refractivity contribution in [2.45, 2.75) is 26.3 Å². The second-order valence-electron chi connectivity index (χ2n) is 2.61. The van der Waals surface area contributed by atoms with Crippen LogP contribution in [0.4, 0.5) is 0 Å². The van der Waals surface area contributed by atoms with Crippen molar-refractivity contribution < 1.29 is 9.90 Å². The Kier molecular flexibility index (Phi) is 3.41. The molecule has 0 aliphatic rings. The maximum absolute atomic E-state index is 10.6. The zero-order chi connectivity index (χ0) is 9.84. The van der Waals surface area contributed by atoms with Gasteiger partial charge in [0.15, 0.2) is 0 Å². The van der Waals surface area contributed by atoms with Crippen LogP contribution in [0.1, 0.15) is 30.3 Å². The molecule has 13 heavy (non-hydrogen) atoms. The number of hydrogen-bond acceptors (Lipinski definition) is 3. The minimum Gasteiger partial charge on any atom is -0.476 e. The Bertz CT molecular complexity index is 311. The van der Waals surface area contributed by atoms with E-state index in [4.69, 9.17) is 5.11 Å². The molecule has 0 amide bonds. The number of hydrogen-bond donors (Lipinski definition) is 1. The number of carboxylic acid groups (broad SMARTS) is 1. The van der Waals surface area contributed by atoms with Crippen LogP contribution in [0, 0.1) is 0 Å². The topological polar surface area (TPSA) is 68.0 Å². The molecule has 0 spiro atoms.